The standard InChI is InChI=1S/C7H15N2OP/c1-6-5-8(11)3-4-9(6)7(2)10/h6H,3-5,11H2,1-2H3/t6-/m1/s1. The minimum Gasteiger partial charge on any atom is -0.338 e. The molecule has 2 atom stereocenters. The third-order valence-electron chi connectivity index (χ3n) is 2.06. The fourth-order valence-electron chi connectivity index (χ4n) is 1.45. The van der Waals surface area contributed by atoms with Gasteiger partial charge in [-0.05, 0) is 6.92 Å². The van der Waals surface area contributed by atoms with Gasteiger partial charge in [0, 0.05) is 32.6 Å². The molecule has 0 aromatic heterocycles. The van der Waals surface area contributed by atoms with Crippen molar-refractivity contribution in [2.45, 2.75) is 19.9 Å². The number of rotatable bonds is 0. The Morgan fingerprint density at radius 3 is 2.64 bits per heavy atom. The van der Waals surface area contributed by atoms with E-state index < -0.39 is 0 Å². The van der Waals surface area contributed by atoms with E-state index in [9.17, 15) is 4.79 Å². The molecular formula is C7H15N2OP. The highest BCUT2D eigenvalue weighted by atomic mass is 31.0. The lowest BCUT2D eigenvalue weighted by Crippen LogP contribution is -2.50. The maximum Gasteiger partial charge on any atom is 0.219 e. The van der Waals surface area contributed by atoms with Crippen molar-refractivity contribution in [3.63, 3.8) is 0 Å². The van der Waals surface area contributed by atoms with E-state index in [2.05, 4.69) is 21.0 Å². The van der Waals surface area contributed by atoms with Crippen LogP contribution in [-0.4, -0.2) is 41.2 Å². The molecule has 64 valence electrons. The first kappa shape index (κ1) is 8.95. The van der Waals surface area contributed by atoms with Gasteiger partial charge < -0.3 is 4.90 Å². The van der Waals surface area contributed by atoms with Crippen molar-refractivity contribution in [2.24, 2.45) is 0 Å². The average molecular weight is 174 g/mol. The summed E-state index contributed by atoms with van der Waals surface area (Å²) >= 11 is 0. The van der Waals surface area contributed by atoms with Gasteiger partial charge in [0.25, 0.3) is 0 Å². The first-order valence-corrected chi connectivity index (χ1v) is 4.39. The van der Waals surface area contributed by atoms with E-state index in [1.165, 1.54) is 0 Å². The number of carbonyl (C=O) groups is 1. The van der Waals surface area contributed by atoms with Gasteiger partial charge in [0.15, 0.2) is 0 Å². The van der Waals surface area contributed by atoms with Gasteiger partial charge in [0.2, 0.25) is 5.91 Å². The third-order valence-corrected chi connectivity index (χ3v) is 2.53. The van der Waals surface area contributed by atoms with E-state index in [0.717, 1.165) is 19.6 Å². The van der Waals surface area contributed by atoms with Crippen LogP contribution in [0.15, 0.2) is 0 Å². The Hall–Kier alpha value is -0.140. The molecule has 11 heavy (non-hydrogen) atoms. The zero-order valence-corrected chi connectivity index (χ0v) is 8.23. The molecule has 0 bridgehead atoms. The number of hydrogen-bond donors (Lipinski definition) is 0. The summed E-state index contributed by atoms with van der Waals surface area (Å²) in [5, 5.41) is 0. The lowest BCUT2D eigenvalue weighted by atomic mass is 10.2. The van der Waals surface area contributed by atoms with Gasteiger partial charge in [-0.3, -0.25) is 9.46 Å². The van der Waals surface area contributed by atoms with E-state index in [-0.39, 0.29) is 5.91 Å². The Labute approximate surface area is 70.0 Å². The SMILES string of the molecule is CC(=O)N1CCN(P)C[C@H]1C. The van der Waals surface area contributed by atoms with Gasteiger partial charge in [-0.25, -0.2) is 0 Å². The molecule has 0 aromatic carbocycles. The molecule has 1 aliphatic heterocycles. The van der Waals surface area contributed by atoms with Crippen molar-refractivity contribution in [2.75, 3.05) is 19.6 Å². The fourth-order valence-corrected chi connectivity index (χ4v) is 1.87. The Morgan fingerprint density at radius 1 is 1.55 bits per heavy atom. The summed E-state index contributed by atoms with van der Waals surface area (Å²) in [5.41, 5.74) is 0. The lowest BCUT2D eigenvalue weighted by molar-refractivity contribution is -0.132. The largest absolute Gasteiger partial charge is 0.338 e. The zero-order valence-electron chi connectivity index (χ0n) is 7.08. The molecule has 0 spiro atoms. The van der Waals surface area contributed by atoms with Crippen molar-refractivity contribution >= 4 is 15.3 Å². The Morgan fingerprint density at radius 2 is 2.18 bits per heavy atom. The van der Waals surface area contributed by atoms with Crippen molar-refractivity contribution in [1.82, 2.24) is 9.57 Å². The first-order chi connectivity index (χ1) is 5.11. The molecule has 3 nitrogen and oxygen atoms in total. The number of nitrogens with zero attached hydrogens (tertiary/aromatic N) is 2. The molecule has 1 heterocycles. The van der Waals surface area contributed by atoms with Crippen LogP contribution in [0.1, 0.15) is 13.8 Å². The van der Waals surface area contributed by atoms with Crippen LogP contribution in [0.25, 0.3) is 0 Å². The summed E-state index contributed by atoms with van der Waals surface area (Å²) in [6.07, 6.45) is 0. The normalized spacial score (nSPS) is 27.2. The smallest absolute Gasteiger partial charge is 0.219 e. The highest BCUT2D eigenvalue weighted by molar-refractivity contribution is 7.13. The number of hydrogen-bond acceptors (Lipinski definition) is 2. The van der Waals surface area contributed by atoms with Gasteiger partial charge in [-0.1, -0.05) is 9.39 Å². The summed E-state index contributed by atoms with van der Waals surface area (Å²) in [7, 11) is 2.67. The molecule has 4 heteroatoms. The Kier molecular flexibility index (Phi) is 2.85. The molecule has 0 aliphatic carbocycles. The molecule has 1 rings (SSSR count). The van der Waals surface area contributed by atoms with E-state index in [1.54, 1.807) is 6.92 Å². The summed E-state index contributed by atoms with van der Waals surface area (Å²) in [6, 6.07) is 0.360. The molecule has 1 saturated heterocycles. The lowest BCUT2D eigenvalue weighted by Gasteiger charge is -2.37. The topological polar surface area (TPSA) is 23.6 Å². The predicted molar refractivity (Wildman–Crippen MR) is 48.1 cm³/mol. The predicted octanol–water partition coefficient (Wildman–Crippen LogP) is 0.329. The van der Waals surface area contributed by atoms with Gasteiger partial charge in [0.1, 0.15) is 0 Å². The monoisotopic (exact) mass is 174 g/mol. The first-order valence-electron chi connectivity index (χ1n) is 3.88. The van der Waals surface area contributed by atoms with E-state index in [0.29, 0.717) is 6.04 Å². The van der Waals surface area contributed by atoms with Crippen LogP contribution in [0.4, 0.5) is 0 Å². The summed E-state index contributed by atoms with van der Waals surface area (Å²) < 4.78 is 2.17. The number of amides is 1. The van der Waals surface area contributed by atoms with Crippen LogP contribution in [-0.2, 0) is 4.79 Å². The van der Waals surface area contributed by atoms with E-state index in [4.69, 9.17) is 0 Å². The van der Waals surface area contributed by atoms with Crippen LogP contribution in [0.2, 0.25) is 0 Å². The maximum absolute atomic E-state index is 11.0. The third kappa shape index (κ3) is 2.14. The summed E-state index contributed by atoms with van der Waals surface area (Å²) in [4.78, 5) is 12.9. The molecule has 0 radical (unpaired) electrons. The van der Waals surface area contributed by atoms with Gasteiger partial charge in [0.05, 0.1) is 0 Å². The molecule has 1 amide bonds. The quantitative estimate of drug-likeness (QED) is 0.494. The van der Waals surface area contributed by atoms with Crippen LogP contribution >= 0.6 is 9.39 Å². The molecule has 0 aromatic rings. The van der Waals surface area contributed by atoms with E-state index >= 15 is 0 Å². The van der Waals surface area contributed by atoms with Crippen LogP contribution < -0.4 is 0 Å². The molecule has 0 N–H and O–H groups in total. The minimum atomic E-state index is 0.190. The van der Waals surface area contributed by atoms with Crippen molar-refractivity contribution in [3.05, 3.63) is 0 Å². The highest BCUT2D eigenvalue weighted by Crippen LogP contribution is 2.12. The van der Waals surface area contributed by atoms with Crippen LogP contribution in [0.3, 0.4) is 0 Å². The maximum atomic E-state index is 11.0. The van der Waals surface area contributed by atoms with Crippen molar-refractivity contribution < 1.29 is 4.79 Å². The molecule has 1 unspecified atom stereocenters. The zero-order chi connectivity index (χ0) is 8.43. The number of piperazine rings is 1. The number of carbonyl (C=O) groups excluding carboxylic acids is 1. The molecule has 1 aliphatic rings. The van der Waals surface area contributed by atoms with Gasteiger partial charge >= 0.3 is 0 Å². The molecular weight excluding hydrogens is 159 g/mol. The van der Waals surface area contributed by atoms with Crippen molar-refractivity contribution in [1.29, 1.82) is 0 Å². The Bertz CT molecular complexity index is 163. The fraction of sp³-hybridized carbons (Fsp3) is 0.857. The summed E-state index contributed by atoms with van der Waals surface area (Å²) in [6.45, 7) is 6.51. The van der Waals surface area contributed by atoms with Crippen LogP contribution in [0, 0.1) is 0 Å². The highest BCUT2D eigenvalue weighted by Gasteiger charge is 2.22. The average Bonchev–Trinajstić information content (AvgIpc) is 1.85. The van der Waals surface area contributed by atoms with Gasteiger partial charge in [-0.15, -0.1) is 0 Å². The summed E-state index contributed by atoms with van der Waals surface area (Å²) in [5.74, 6) is 0.190. The van der Waals surface area contributed by atoms with E-state index in [1.807, 2.05) is 4.90 Å². The van der Waals surface area contributed by atoms with Crippen molar-refractivity contribution in [3.8, 4) is 0 Å². The second-order valence-electron chi connectivity index (χ2n) is 3.06. The molecule has 1 fully saturated rings. The molecule has 0 saturated carbocycles. The van der Waals surface area contributed by atoms with Gasteiger partial charge in [-0.2, -0.15) is 0 Å². The second-order valence-corrected chi connectivity index (χ2v) is 3.79. The minimum absolute atomic E-state index is 0.190. The van der Waals surface area contributed by atoms with Crippen LogP contribution in [0.5, 0.6) is 0 Å². The second kappa shape index (κ2) is 3.51. The Balaban J connectivity index is 2.50.